The van der Waals surface area contributed by atoms with Crippen LogP contribution >= 0.6 is 0 Å². The Labute approximate surface area is 181 Å². The topological polar surface area (TPSA) is 68.6 Å². The lowest BCUT2D eigenvalue weighted by Crippen LogP contribution is -2.28. The SMILES string of the molecule is C/C=C(/CC)N=C(OC)C(C)Nc1ncnc2c(OC)cc(-c3ccc(F)cc3)cc12. The predicted octanol–water partition coefficient (Wildman–Crippen LogP) is 5.60. The molecule has 3 aromatic rings. The van der Waals surface area contributed by atoms with Gasteiger partial charge >= 0.3 is 0 Å². The number of rotatable bonds is 7. The van der Waals surface area contributed by atoms with E-state index >= 15 is 0 Å². The largest absolute Gasteiger partial charge is 0.494 e. The summed E-state index contributed by atoms with van der Waals surface area (Å²) in [7, 11) is 3.20. The Morgan fingerprint density at radius 3 is 2.52 bits per heavy atom. The van der Waals surface area contributed by atoms with Gasteiger partial charge in [-0.15, -0.1) is 0 Å². The molecule has 1 heterocycles. The molecule has 7 heteroatoms. The Hall–Kier alpha value is -3.48. The van der Waals surface area contributed by atoms with Crippen LogP contribution in [0.3, 0.4) is 0 Å². The predicted molar refractivity (Wildman–Crippen MR) is 123 cm³/mol. The van der Waals surface area contributed by atoms with Gasteiger partial charge in [-0.3, -0.25) is 0 Å². The van der Waals surface area contributed by atoms with E-state index in [1.807, 2.05) is 39.0 Å². The number of hydrogen-bond acceptors (Lipinski definition) is 6. The highest BCUT2D eigenvalue weighted by atomic mass is 19.1. The number of ether oxygens (including phenoxy) is 2. The van der Waals surface area contributed by atoms with Crippen LogP contribution in [0.2, 0.25) is 0 Å². The zero-order valence-electron chi connectivity index (χ0n) is 18.4. The third-order valence-electron chi connectivity index (χ3n) is 4.98. The van der Waals surface area contributed by atoms with Crippen LogP contribution in [0.1, 0.15) is 27.2 Å². The molecule has 0 saturated heterocycles. The van der Waals surface area contributed by atoms with Crippen LogP contribution in [0.25, 0.3) is 22.0 Å². The number of fused-ring (bicyclic) bond motifs is 1. The van der Waals surface area contributed by atoms with E-state index < -0.39 is 0 Å². The lowest BCUT2D eigenvalue weighted by atomic mass is 10.0. The monoisotopic (exact) mass is 422 g/mol. The highest BCUT2D eigenvalue weighted by Gasteiger charge is 2.17. The van der Waals surface area contributed by atoms with Gasteiger partial charge < -0.3 is 14.8 Å². The van der Waals surface area contributed by atoms with E-state index in [4.69, 9.17) is 9.47 Å². The van der Waals surface area contributed by atoms with Crippen molar-refractivity contribution in [3.63, 3.8) is 0 Å². The molecule has 0 saturated carbocycles. The number of aromatic nitrogens is 2. The zero-order valence-corrected chi connectivity index (χ0v) is 18.4. The van der Waals surface area contributed by atoms with E-state index in [1.165, 1.54) is 18.5 Å². The minimum absolute atomic E-state index is 0.231. The van der Waals surface area contributed by atoms with E-state index in [-0.39, 0.29) is 11.9 Å². The highest BCUT2D eigenvalue weighted by molar-refractivity contribution is 5.98. The van der Waals surface area contributed by atoms with Crippen molar-refractivity contribution >= 4 is 22.6 Å². The second-order valence-electron chi connectivity index (χ2n) is 6.96. The maximum Gasteiger partial charge on any atom is 0.210 e. The van der Waals surface area contributed by atoms with Gasteiger partial charge in [-0.1, -0.05) is 25.1 Å². The third-order valence-corrected chi connectivity index (χ3v) is 4.98. The summed E-state index contributed by atoms with van der Waals surface area (Å²) in [5.41, 5.74) is 3.36. The molecule has 0 aliphatic carbocycles. The molecule has 1 aromatic heterocycles. The number of nitrogens with zero attached hydrogens (tertiary/aromatic N) is 3. The summed E-state index contributed by atoms with van der Waals surface area (Å²) in [5, 5.41) is 4.16. The van der Waals surface area contributed by atoms with E-state index in [1.54, 1.807) is 26.4 Å². The van der Waals surface area contributed by atoms with Crippen molar-refractivity contribution in [2.45, 2.75) is 33.2 Å². The normalized spacial score (nSPS) is 13.2. The summed E-state index contributed by atoms with van der Waals surface area (Å²) in [4.78, 5) is 13.5. The van der Waals surface area contributed by atoms with Crippen molar-refractivity contribution in [1.82, 2.24) is 9.97 Å². The van der Waals surface area contributed by atoms with Gasteiger partial charge in [0, 0.05) is 11.1 Å². The number of aliphatic imine (C=N–C) groups is 1. The molecule has 3 rings (SSSR count). The van der Waals surface area contributed by atoms with Crippen LogP contribution < -0.4 is 10.1 Å². The molecule has 1 N–H and O–H groups in total. The summed E-state index contributed by atoms with van der Waals surface area (Å²) in [6, 6.07) is 9.95. The first kappa shape index (κ1) is 22.2. The number of halogens is 1. The zero-order chi connectivity index (χ0) is 22.4. The van der Waals surface area contributed by atoms with E-state index in [0.29, 0.717) is 23.0 Å². The number of methoxy groups -OCH3 is 2. The van der Waals surface area contributed by atoms with Gasteiger partial charge in [-0.05, 0) is 55.7 Å². The number of nitrogens with one attached hydrogen (secondary N) is 1. The second kappa shape index (κ2) is 10.0. The van der Waals surface area contributed by atoms with Gasteiger partial charge in [0.25, 0.3) is 0 Å². The van der Waals surface area contributed by atoms with Crippen molar-refractivity contribution in [2.24, 2.45) is 4.99 Å². The Bertz CT molecular complexity index is 1110. The average molecular weight is 423 g/mol. The molecule has 0 amide bonds. The van der Waals surface area contributed by atoms with Crippen molar-refractivity contribution in [1.29, 1.82) is 0 Å². The smallest absolute Gasteiger partial charge is 0.210 e. The van der Waals surface area contributed by atoms with Gasteiger partial charge in [-0.25, -0.2) is 19.4 Å². The molecule has 0 aliphatic heterocycles. The van der Waals surface area contributed by atoms with Crippen molar-refractivity contribution < 1.29 is 13.9 Å². The van der Waals surface area contributed by atoms with Gasteiger partial charge in [0.15, 0.2) is 0 Å². The molecule has 0 radical (unpaired) electrons. The summed E-state index contributed by atoms with van der Waals surface area (Å²) < 4.78 is 24.5. The van der Waals surface area contributed by atoms with Crippen LogP contribution in [0.5, 0.6) is 5.75 Å². The Morgan fingerprint density at radius 2 is 1.90 bits per heavy atom. The van der Waals surface area contributed by atoms with E-state index in [0.717, 1.165) is 28.6 Å². The Balaban J connectivity index is 2.06. The minimum atomic E-state index is -0.282. The number of hydrogen-bond donors (Lipinski definition) is 1. The lowest BCUT2D eigenvalue weighted by molar-refractivity contribution is 0.386. The first-order valence-electron chi connectivity index (χ1n) is 10.1. The molecule has 0 spiro atoms. The van der Waals surface area contributed by atoms with Gasteiger partial charge in [-0.2, -0.15) is 0 Å². The quantitative estimate of drug-likeness (QED) is 0.396. The van der Waals surface area contributed by atoms with Gasteiger partial charge in [0.05, 0.1) is 14.2 Å². The third kappa shape index (κ3) is 4.99. The summed E-state index contributed by atoms with van der Waals surface area (Å²) in [6.07, 6.45) is 4.26. The second-order valence-corrected chi connectivity index (χ2v) is 6.96. The maximum atomic E-state index is 13.4. The fourth-order valence-electron chi connectivity index (χ4n) is 3.29. The number of benzene rings is 2. The first-order chi connectivity index (χ1) is 15.0. The van der Waals surface area contributed by atoms with Crippen molar-refractivity contribution in [2.75, 3.05) is 19.5 Å². The summed E-state index contributed by atoms with van der Waals surface area (Å²) >= 11 is 0. The lowest BCUT2D eigenvalue weighted by Gasteiger charge is -2.18. The number of anilines is 1. The molecular weight excluding hydrogens is 395 g/mol. The summed E-state index contributed by atoms with van der Waals surface area (Å²) in [6.45, 7) is 5.96. The Morgan fingerprint density at radius 1 is 1.16 bits per heavy atom. The standard InChI is InChI=1S/C24H27FN4O2/c1-6-19(7-2)29-24(31-5)15(3)28-23-20-12-17(16-8-10-18(25)11-9-16)13-21(30-4)22(20)26-14-27-23/h6,8-15H,7H2,1-5H3,(H,26,27,28)/b19-6-,29-24?. The van der Waals surface area contributed by atoms with Gasteiger partial charge in [0.1, 0.15) is 35.3 Å². The molecule has 1 unspecified atom stereocenters. The van der Waals surface area contributed by atoms with E-state index in [2.05, 4.69) is 20.3 Å². The van der Waals surface area contributed by atoms with Crippen molar-refractivity contribution in [3.8, 4) is 16.9 Å². The molecule has 1 atom stereocenters. The fourth-order valence-corrected chi connectivity index (χ4v) is 3.29. The molecule has 31 heavy (non-hydrogen) atoms. The van der Waals surface area contributed by atoms with Crippen LogP contribution in [0.15, 0.2) is 59.5 Å². The van der Waals surface area contributed by atoms with Gasteiger partial charge in [0.2, 0.25) is 5.90 Å². The average Bonchev–Trinajstić information content (AvgIpc) is 2.80. The van der Waals surface area contributed by atoms with Crippen LogP contribution in [-0.4, -0.2) is 36.1 Å². The van der Waals surface area contributed by atoms with Crippen LogP contribution in [0, 0.1) is 5.82 Å². The fraction of sp³-hybridized carbons (Fsp3) is 0.292. The Kier molecular flexibility index (Phi) is 7.18. The van der Waals surface area contributed by atoms with Crippen molar-refractivity contribution in [3.05, 3.63) is 60.3 Å². The van der Waals surface area contributed by atoms with Crippen LogP contribution in [0.4, 0.5) is 10.2 Å². The number of allylic oxidation sites excluding steroid dienone is 2. The molecule has 0 bridgehead atoms. The minimum Gasteiger partial charge on any atom is -0.494 e. The molecule has 0 aliphatic rings. The maximum absolute atomic E-state index is 13.4. The molecular formula is C24H27FN4O2. The first-order valence-corrected chi connectivity index (χ1v) is 10.1. The summed E-state index contributed by atoms with van der Waals surface area (Å²) in [5.74, 6) is 1.51. The molecule has 0 fully saturated rings. The highest BCUT2D eigenvalue weighted by Crippen LogP contribution is 2.34. The molecule has 6 nitrogen and oxygen atoms in total. The molecule has 162 valence electrons. The van der Waals surface area contributed by atoms with Crippen LogP contribution in [-0.2, 0) is 4.74 Å². The van der Waals surface area contributed by atoms with E-state index in [9.17, 15) is 4.39 Å². The molecule has 2 aromatic carbocycles.